The topological polar surface area (TPSA) is 165 Å². The molecule has 1 aliphatic rings. The van der Waals surface area contributed by atoms with Crippen molar-refractivity contribution in [2.75, 3.05) is 23.5 Å². The number of anilines is 4. The molecule has 0 atom stereocenters. The summed E-state index contributed by atoms with van der Waals surface area (Å²) in [7, 11) is -3.33. The van der Waals surface area contributed by atoms with E-state index in [9.17, 15) is 27.4 Å². The summed E-state index contributed by atoms with van der Waals surface area (Å²) in [5.41, 5.74) is 6.35. The van der Waals surface area contributed by atoms with Crippen molar-refractivity contribution in [2.45, 2.75) is 4.90 Å². The van der Waals surface area contributed by atoms with Gasteiger partial charge in [0.05, 0.1) is 29.6 Å². The summed E-state index contributed by atoms with van der Waals surface area (Å²) in [6, 6.07) is 20.1. The fourth-order valence-electron chi connectivity index (χ4n) is 4.38. The summed E-state index contributed by atoms with van der Waals surface area (Å²) in [5.74, 6) is -0.970. The molecule has 5 N–H and O–H groups in total. The molecule has 11 heteroatoms. The Kier molecular flexibility index (Phi) is 6.38. The second-order valence-corrected chi connectivity index (χ2v) is 10.0. The third kappa shape index (κ3) is 4.72. The predicted molar refractivity (Wildman–Crippen MR) is 145 cm³/mol. The van der Waals surface area contributed by atoms with Crippen molar-refractivity contribution >= 4 is 50.3 Å². The van der Waals surface area contributed by atoms with Crippen LogP contribution in [0.1, 0.15) is 42.2 Å². The maximum absolute atomic E-state index is 13.5. The number of ether oxygens (including phenoxy) is 1. The average Bonchev–Trinajstić information content (AvgIpc) is 2.92. The molecule has 4 aromatic carbocycles. The van der Waals surface area contributed by atoms with E-state index in [0.717, 1.165) is 6.07 Å². The smallest absolute Gasteiger partial charge is 0.296 e. The highest BCUT2D eigenvalue weighted by Crippen LogP contribution is 2.40. The van der Waals surface area contributed by atoms with Crippen LogP contribution in [0.3, 0.4) is 0 Å². The molecular formula is C28H21N3O7S. The summed E-state index contributed by atoms with van der Waals surface area (Å²) < 4.78 is 39.2. The lowest BCUT2D eigenvalue weighted by Gasteiger charge is -2.23. The SMILES string of the molecule is COc1ccc(C(=O)Nc2cccc(Nc3cc(S(=O)(=O)O)c(N)c4c3C(=O)c3ccccc3C4=O)c2)cc1. The number of fused-ring (bicyclic) bond motifs is 2. The number of amides is 1. The van der Waals surface area contributed by atoms with Crippen molar-refractivity contribution in [3.63, 3.8) is 0 Å². The first-order valence-electron chi connectivity index (χ1n) is 11.5. The van der Waals surface area contributed by atoms with E-state index in [2.05, 4.69) is 10.6 Å². The lowest BCUT2D eigenvalue weighted by molar-refractivity contribution is 0.0980. The van der Waals surface area contributed by atoms with Crippen molar-refractivity contribution < 1.29 is 32.1 Å². The van der Waals surface area contributed by atoms with Crippen LogP contribution in [0.15, 0.2) is 83.8 Å². The molecular weight excluding hydrogens is 522 g/mol. The Labute approximate surface area is 223 Å². The third-order valence-corrected chi connectivity index (χ3v) is 7.12. The van der Waals surface area contributed by atoms with Gasteiger partial charge in [0.25, 0.3) is 16.0 Å². The van der Waals surface area contributed by atoms with Gasteiger partial charge in [-0.05, 0) is 48.5 Å². The van der Waals surface area contributed by atoms with Gasteiger partial charge in [-0.15, -0.1) is 0 Å². The van der Waals surface area contributed by atoms with E-state index in [1.54, 1.807) is 60.7 Å². The Morgan fingerprint density at radius 2 is 1.46 bits per heavy atom. The maximum atomic E-state index is 13.5. The maximum Gasteiger partial charge on any atom is 0.296 e. The summed E-state index contributed by atoms with van der Waals surface area (Å²) in [6.45, 7) is 0. The third-order valence-electron chi connectivity index (χ3n) is 6.23. The number of nitrogens with two attached hydrogens (primary N) is 1. The predicted octanol–water partition coefficient (Wildman–Crippen LogP) is 4.30. The van der Waals surface area contributed by atoms with Crippen LogP contribution in [-0.2, 0) is 10.1 Å². The molecule has 0 heterocycles. The molecule has 39 heavy (non-hydrogen) atoms. The van der Waals surface area contributed by atoms with Crippen molar-refractivity contribution in [1.29, 1.82) is 0 Å². The van der Waals surface area contributed by atoms with Crippen LogP contribution in [0.5, 0.6) is 5.75 Å². The Morgan fingerprint density at radius 3 is 2.08 bits per heavy atom. The first-order chi connectivity index (χ1) is 18.6. The fourth-order valence-corrected chi connectivity index (χ4v) is 5.03. The van der Waals surface area contributed by atoms with Crippen molar-refractivity contribution in [1.82, 2.24) is 0 Å². The van der Waals surface area contributed by atoms with Crippen LogP contribution in [-0.4, -0.2) is 37.6 Å². The van der Waals surface area contributed by atoms with Gasteiger partial charge in [-0.2, -0.15) is 8.42 Å². The van der Waals surface area contributed by atoms with Crippen LogP contribution in [0.2, 0.25) is 0 Å². The summed E-state index contributed by atoms with van der Waals surface area (Å²) >= 11 is 0. The Morgan fingerprint density at radius 1 is 0.846 bits per heavy atom. The van der Waals surface area contributed by atoms with E-state index in [1.807, 2.05) is 0 Å². The summed E-state index contributed by atoms with van der Waals surface area (Å²) in [5, 5.41) is 5.71. The molecule has 0 spiro atoms. The van der Waals surface area contributed by atoms with Gasteiger partial charge < -0.3 is 21.1 Å². The van der Waals surface area contributed by atoms with Gasteiger partial charge in [0, 0.05) is 28.1 Å². The molecule has 0 unspecified atom stereocenters. The standard InChI is InChI=1S/C28H21N3O7S/c1-38-18-11-9-15(10-12-18)28(34)31-17-6-4-5-16(13-17)30-21-14-22(39(35,36)37)25(29)24-23(21)26(32)19-7-2-3-8-20(19)27(24)33/h2-14,30H,29H2,1H3,(H,31,34)(H,35,36,37). The van der Waals surface area contributed by atoms with Gasteiger partial charge in [0.2, 0.25) is 0 Å². The first kappa shape index (κ1) is 25.6. The minimum Gasteiger partial charge on any atom is -0.497 e. The summed E-state index contributed by atoms with van der Waals surface area (Å²) in [6.07, 6.45) is 0. The number of methoxy groups -OCH3 is 1. The molecule has 0 saturated carbocycles. The molecule has 4 aromatic rings. The Hall–Kier alpha value is -5.00. The van der Waals surface area contributed by atoms with Crippen LogP contribution in [0, 0.1) is 0 Å². The normalized spacial score (nSPS) is 12.4. The quantitative estimate of drug-likeness (QED) is 0.180. The molecule has 0 radical (unpaired) electrons. The zero-order valence-corrected chi connectivity index (χ0v) is 21.2. The van der Waals surface area contributed by atoms with E-state index < -0.39 is 32.3 Å². The second-order valence-electron chi connectivity index (χ2n) is 8.65. The molecule has 1 amide bonds. The average molecular weight is 544 g/mol. The first-order valence-corrected chi connectivity index (χ1v) is 13.0. The van der Waals surface area contributed by atoms with E-state index in [1.165, 1.54) is 19.2 Å². The monoisotopic (exact) mass is 543 g/mol. The number of benzene rings is 4. The van der Waals surface area contributed by atoms with Crippen LogP contribution in [0.25, 0.3) is 0 Å². The lowest BCUT2D eigenvalue weighted by atomic mass is 9.82. The van der Waals surface area contributed by atoms with Gasteiger partial charge >= 0.3 is 0 Å². The molecule has 1 aliphatic carbocycles. The molecule has 0 bridgehead atoms. The van der Waals surface area contributed by atoms with Gasteiger partial charge in [-0.25, -0.2) is 0 Å². The van der Waals surface area contributed by atoms with Crippen molar-refractivity contribution in [3.8, 4) is 5.75 Å². The highest BCUT2D eigenvalue weighted by Gasteiger charge is 2.36. The largest absolute Gasteiger partial charge is 0.497 e. The number of rotatable bonds is 6. The van der Waals surface area contributed by atoms with Gasteiger partial charge in [0.1, 0.15) is 10.6 Å². The molecule has 0 aromatic heterocycles. The zero-order chi connectivity index (χ0) is 27.9. The van der Waals surface area contributed by atoms with Gasteiger partial charge in [-0.1, -0.05) is 30.3 Å². The minimum atomic E-state index is -4.85. The molecule has 0 fully saturated rings. The van der Waals surface area contributed by atoms with Crippen molar-refractivity contribution in [3.05, 3.63) is 107 Å². The van der Waals surface area contributed by atoms with Gasteiger partial charge in [-0.3, -0.25) is 18.9 Å². The Bertz CT molecular complexity index is 1780. The van der Waals surface area contributed by atoms with E-state index in [4.69, 9.17) is 10.5 Å². The second kappa shape index (κ2) is 9.71. The highest BCUT2D eigenvalue weighted by molar-refractivity contribution is 7.86. The highest BCUT2D eigenvalue weighted by atomic mass is 32.2. The number of nitrogen functional groups attached to an aromatic ring is 1. The molecule has 5 rings (SSSR count). The lowest BCUT2D eigenvalue weighted by Crippen LogP contribution is -2.25. The van der Waals surface area contributed by atoms with Gasteiger partial charge in [0.15, 0.2) is 11.6 Å². The van der Waals surface area contributed by atoms with E-state index in [-0.39, 0.29) is 33.8 Å². The zero-order valence-electron chi connectivity index (χ0n) is 20.4. The molecule has 196 valence electrons. The van der Waals surface area contributed by atoms with E-state index >= 15 is 0 Å². The number of nitrogens with one attached hydrogen (secondary N) is 2. The summed E-state index contributed by atoms with van der Waals surface area (Å²) in [4.78, 5) is 38.8. The Balaban J connectivity index is 1.55. The molecule has 0 saturated heterocycles. The molecule has 10 nitrogen and oxygen atoms in total. The number of hydrogen-bond donors (Lipinski definition) is 4. The number of ketones is 2. The van der Waals surface area contributed by atoms with E-state index in [0.29, 0.717) is 22.7 Å². The van der Waals surface area contributed by atoms with Crippen molar-refractivity contribution in [2.24, 2.45) is 0 Å². The number of hydrogen-bond acceptors (Lipinski definition) is 8. The van der Waals surface area contributed by atoms with Crippen LogP contribution < -0.4 is 21.1 Å². The molecule has 0 aliphatic heterocycles. The minimum absolute atomic E-state index is 0.0571. The van der Waals surface area contributed by atoms with Crippen LogP contribution >= 0.6 is 0 Å². The number of carbonyl (C=O) groups is 3. The van der Waals surface area contributed by atoms with Crippen LogP contribution in [0.4, 0.5) is 22.7 Å². The fraction of sp³-hybridized carbons (Fsp3) is 0.0357. The number of carbonyl (C=O) groups excluding carboxylic acids is 3.